The maximum absolute atomic E-state index is 12.6. The van der Waals surface area contributed by atoms with E-state index in [1.807, 2.05) is 0 Å². The number of amides is 2. The first kappa shape index (κ1) is 14.1. The van der Waals surface area contributed by atoms with Gasteiger partial charge in [0.05, 0.1) is 24.1 Å². The Bertz CT molecular complexity index is 573. The number of halogens is 3. The van der Waals surface area contributed by atoms with Crippen molar-refractivity contribution in [2.75, 3.05) is 17.2 Å². The van der Waals surface area contributed by atoms with Crippen molar-refractivity contribution in [1.82, 2.24) is 10.3 Å². The van der Waals surface area contributed by atoms with Crippen molar-refractivity contribution in [1.29, 1.82) is 0 Å². The van der Waals surface area contributed by atoms with Gasteiger partial charge in [-0.05, 0) is 13.0 Å². The third kappa shape index (κ3) is 2.51. The summed E-state index contributed by atoms with van der Waals surface area (Å²) in [6.07, 6.45) is -3.77. The van der Waals surface area contributed by atoms with Crippen molar-refractivity contribution in [2.45, 2.75) is 19.1 Å². The van der Waals surface area contributed by atoms with Gasteiger partial charge in [-0.25, -0.2) is 4.98 Å². The molecule has 1 unspecified atom stereocenters. The van der Waals surface area contributed by atoms with Crippen LogP contribution in [0.3, 0.4) is 0 Å². The molecule has 108 valence electrons. The predicted octanol–water partition coefficient (Wildman–Crippen LogP) is 0.534. The van der Waals surface area contributed by atoms with Crippen LogP contribution >= 0.6 is 0 Å². The molecule has 3 N–H and O–H groups in total. The number of hydrogen-bond donors (Lipinski definition) is 2. The van der Waals surface area contributed by atoms with Crippen LogP contribution in [0.25, 0.3) is 0 Å². The molecule has 0 bridgehead atoms. The molecule has 1 aliphatic rings. The summed E-state index contributed by atoms with van der Waals surface area (Å²) < 4.78 is 37.9. The van der Waals surface area contributed by atoms with Gasteiger partial charge in [0, 0.05) is 0 Å². The fourth-order valence-corrected chi connectivity index (χ4v) is 1.87. The number of imide groups is 1. The maximum Gasteiger partial charge on any atom is 0.433 e. The van der Waals surface area contributed by atoms with Crippen molar-refractivity contribution in [3.63, 3.8) is 0 Å². The molecule has 1 saturated heterocycles. The molecule has 1 aromatic heterocycles. The molecule has 6 nitrogen and oxygen atoms in total. The van der Waals surface area contributed by atoms with Crippen molar-refractivity contribution in [3.05, 3.63) is 18.0 Å². The smallest absolute Gasteiger partial charge is 0.396 e. The van der Waals surface area contributed by atoms with Gasteiger partial charge in [-0.15, -0.1) is 0 Å². The minimum absolute atomic E-state index is 0.0349. The fourth-order valence-electron chi connectivity index (χ4n) is 1.87. The molecule has 2 heterocycles. The molecule has 2 rings (SSSR count). The number of rotatable bonds is 1. The van der Waals surface area contributed by atoms with E-state index >= 15 is 0 Å². The fraction of sp³-hybridized carbons (Fsp3) is 0.364. The third-order valence-electron chi connectivity index (χ3n) is 2.94. The number of nitrogen functional groups attached to an aromatic ring is 1. The average Bonchev–Trinajstić information content (AvgIpc) is 2.33. The van der Waals surface area contributed by atoms with E-state index in [1.54, 1.807) is 0 Å². The van der Waals surface area contributed by atoms with E-state index in [4.69, 9.17) is 5.73 Å². The summed E-state index contributed by atoms with van der Waals surface area (Å²) in [5.74, 6) is -1.19. The number of carbonyl (C=O) groups is 2. The van der Waals surface area contributed by atoms with Crippen molar-refractivity contribution < 1.29 is 22.8 Å². The van der Waals surface area contributed by atoms with Crippen molar-refractivity contribution in [3.8, 4) is 0 Å². The standard InChI is InChI=1S/C11H11F3N4O2/c1-5-10(20)17-9(19)4-18(5)7-2-8(11(12,13)14)16-3-6(7)15/h2-3,5H,4,15H2,1H3,(H,17,19,20). The molecule has 0 aliphatic carbocycles. The van der Waals surface area contributed by atoms with E-state index in [0.29, 0.717) is 0 Å². The van der Waals surface area contributed by atoms with Gasteiger partial charge in [-0.3, -0.25) is 14.9 Å². The molecule has 1 aliphatic heterocycles. The van der Waals surface area contributed by atoms with Crippen LogP contribution in [0.5, 0.6) is 0 Å². The van der Waals surface area contributed by atoms with E-state index in [0.717, 1.165) is 12.3 Å². The van der Waals surface area contributed by atoms with Crippen LogP contribution in [0.4, 0.5) is 24.5 Å². The first-order valence-electron chi connectivity index (χ1n) is 5.63. The number of nitrogens with zero attached hydrogens (tertiary/aromatic N) is 2. The summed E-state index contributed by atoms with van der Waals surface area (Å²) in [4.78, 5) is 27.3. The number of anilines is 2. The highest BCUT2D eigenvalue weighted by Crippen LogP contribution is 2.33. The van der Waals surface area contributed by atoms with Gasteiger partial charge in [0.15, 0.2) is 0 Å². The molecule has 1 aromatic rings. The average molecular weight is 288 g/mol. The summed E-state index contributed by atoms with van der Waals surface area (Å²) in [7, 11) is 0. The summed E-state index contributed by atoms with van der Waals surface area (Å²) in [5, 5.41) is 2.09. The summed E-state index contributed by atoms with van der Waals surface area (Å²) in [5.41, 5.74) is 4.40. The maximum atomic E-state index is 12.6. The number of carbonyl (C=O) groups excluding carboxylic acids is 2. The monoisotopic (exact) mass is 288 g/mol. The SMILES string of the molecule is CC1C(=O)NC(=O)CN1c1cc(C(F)(F)F)ncc1N. The molecular weight excluding hydrogens is 277 g/mol. The van der Waals surface area contributed by atoms with Gasteiger partial charge in [0.2, 0.25) is 11.8 Å². The van der Waals surface area contributed by atoms with E-state index in [9.17, 15) is 22.8 Å². The second kappa shape index (κ2) is 4.66. The molecule has 1 atom stereocenters. The van der Waals surface area contributed by atoms with Crippen molar-refractivity contribution in [2.24, 2.45) is 0 Å². The summed E-state index contributed by atoms with van der Waals surface area (Å²) in [6.45, 7) is 1.22. The van der Waals surface area contributed by atoms with Gasteiger partial charge in [-0.1, -0.05) is 0 Å². The highest BCUT2D eigenvalue weighted by molar-refractivity contribution is 6.05. The molecule has 0 spiro atoms. The lowest BCUT2D eigenvalue weighted by Gasteiger charge is -2.34. The zero-order valence-electron chi connectivity index (χ0n) is 10.4. The Balaban J connectivity index is 2.45. The lowest BCUT2D eigenvalue weighted by atomic mass is 10.1. The van der Waals surface area contributed by atoms with E-state index in [1.165, 1.54) is 11.8 Å². The molecule has 20 heavy (non-hydrogen) atoms. The number of hydrogen-bond acceptors (Lipinski definition) is 5. The Kier molecular flexibility index (Phi) is 3.28. The van der Waals surface area contributed by atoms with Gasteiger partial charge in [0.25, 0.3) is 0 Å². The highest BCUT2D eigenvalue weighted by atomic mass is 19.4. The highest BCUT2D eigenvalue weighted by Gasteiger charge is 2.36. The van der Waals surface area contributed by atoms with Gasteiger partial charge in [0.1, 0.15) is 11.7 Å². The number of aromatic nitrogens is 1. The zero-order chi connectivity index (χ0) is 15.1. The minimum Gasteiger partial charge on any atom is -0.396 e. The second-order valence-corrected chi connectivity index (χ2v) is 4.34. The number of pyridine rings is 1. The van der Waals surface area contributed by atoms with Crippen LogP contribution in [0.1, 0.15) is 12.6 Å². The van der Waals surface area contributed by atoms with Crippen LogP contribution in [-0.2, 0) is 15.8 Å². The second-order valence-electron chi connectivity index (χ2n) is 4.34. The Morgan fingerprint density at radius 1 is 1.45 bits per heavy atom. The van der Waals surface area contributed by atoms with Crippen LogP contribution in [0.15, 0.2) is 12.3 Å². The summed E-state index contributed by atoms with van der Waals surface area (Å²) >= 11 is 0. The van der Waals surface area contributed by atoms with E-state index in [2.05, 4.69) is 10.3 Å². The molecule has 0 aromatic carbocycles. The summed E-state index contributed by atoms with van der Waals surface area (Å²) in [6, 6.07) is -0.0731. The molecule has 1 fully saturated rings. The number of nitrogens with two attached hydrogens (primary N) is 1. The van der Waals surface area contributed by atoms with E-state index in [-0.39, 0.29) is 17.9 Å². The Morgan fingerprint density at radius 2 is 2.10 bits per heavy atom. The number of alkyl halides is 3. The topological polar surface area (TPSA) is 88.3 Å². The minimum atomic E-state index is -4.63. The largest absolute Gasteiger partial charge is 0.433 e. The first-order chi connectivity index (χ1) is 9.20. The lowest BCUT2D eigenvalue weighted by molar-refractivity contribution is -0.141. The first-order valence-corrected chi connectivity index (χ1v) is 5.63. The molecular formula is C11H11F3N4O2. The Hall–Kier alpha value is -2.32. The Labute approximate surface area is 111 Å². The predicted molar refractivity (Wildman–Crippen MR) is 63.6 cm³/mol. The molecule has 2 amide bonds. The molecule has 0 radical (unpaired) electrons. The quantitative estimate of drug-likeness (QED) is 0.736. The van der Waals surface area contributed by atoms with Gasteiger partial charge < -0.3 is 10.6 Å². The van der Waals surface area contributed by atoms with Crippen LogP contribution in [-0.4, -0.2) is 29.4 Å². The lowest BCUT2D eigenvalue weighted by Crippen LogP contribution is -2.57. The van der Waals surface area contributed by atoms with Crippen LogP contribution < -0.4 is 16.0 Å². The Morgan fingerprint density at radius 3 is 2.70 bits per heavy atom. The number of piperazine rings is 1. The van der Waals surface area contributed by atoms with Crippen LogP contribution in [0, 0.1) is 0 Å². The number of nitrogens with one attached hydrogen (secondary N) is 1. The zero-order valence-corrected chi connectivity index (χ0v) is 10.4. The van der Waals surface area contributed by atoms with Crippen molar-refractivity contribution >= 4 is 23.2 Å². The molecule has 9 heteroatoms. The molecule has 0 saturated carbocycles. The van der Waals surface area contributed by atoms with Crippen LogP contribution in [0.2, 0.25) is 0 Å². The normalized spacial score (nSPS) is 20.0. The van der Waals surface area contributed by atoms with E-state index < -0.39 is 29.7 Å². The van der Waals surface area contributed by atoms with Gasteiger partial charge >= 0.3 is 6.18 Å². The third-order valence-corrected chi connectivity index (χ3v) is 2.94. The van der Waals surface area contributed by atoms with Gasteiger partial charge in [-0.2, -0.15) is 13.2 Å².